The smallest absolute Gasteiger partial charge is 0.240 e. The topological polar surface area (TPSA) is 51.1 Å². The maximum atomic E-state index is 12.4. The molecule has 2 atom stereocenters. The third kappa shape index (κ3) is 3.77. The summed E-state index contributed by atoms with van der Waals surface area (Å²) in [5.41, 5.74) is 4.47. The Morgan fingerprint density at radius 1 is 1.03 bits per heavy atom. The van der Waals surface area contributed by atoms with E-state index in [1.807, 2.05) is 36.4 Å². The number of benzene rings is 2. The number of ether oxygens (including phenoxy) is 2. The van der Waals surface area contributed by atoms with Crippen molar-refractivity contribution in [2.24, 2.45) is 11.0 Å². The lowest BCUT2D eigenvalue weighted by Gasteiger charge is -2.29. The van der Waals surface area contributed by atoms with E-state index in [-0.39, 0.29) is 17.9 Å². The number of methoxy groups -OCH3 is 2. The third-order valence-electron chi connectivity index (χ3n) is 5.74. The summed E-state index contributed by atoms with van der Waals surface area (Å²) in [7, 11) is 3.33. The highest BCUT2D eigenvalue weighted by atomic mass is 16.5. The Balaban J connectivity index is 1.68. The normalized spacial score (nSPS) is 22.2. The zero-order valence-corrected chi connectivity index (χ0v) is 17.1. The summed E-state index contributed by atoms with van der Waals surface area (Å²) in [6.07, 6.45) is 5.28. The van der Waals surface area contributed by atoms with Crippen LogP contribution in [0.1, 0.15) is 43.4 Å². The average molecular weight is 390 g/mol. The molecule has 2 aliphatic rings. The SMILES string of the molecule is COc1ccc(/C=C2\CCCC3C2=NN(C(C)=O)C3c2ccc(OC)cc2)cc1. The van der Waals surface area contributed by atoms with Gasteiger partial charge in [0.15, 0.2) is 0 Å². The number of hydrazone groups is 1. The number of hydrogen-bond donors (Lipinski definition) is 0. The molecule has 0 N–H and O–H groups in total. The number of carbonyl (C=O) groups is 1. The Morgan fingerprint density at radius 3 is 2.24 bits per heavy atom. The molecular formula is C24H26N2O3. The first kappa shape index (κ1) is 19.2. The lowest BCUT2D eigenvalue weighted by atomic mass is 9.77. The summed E-state index contributed by atoms with van der Waals surface area (Å²) >= 11 is 0. The molecule has 1 heterocycles. The van der Waals surface area contributed by atoms with Crippen LogP contribution >= 0.6 is 0 Å². The largest absolute Gasteiger partial charge is 0.497 e. The molecule has 0 aromatic heterocycles. The van der Waals surface area contributed by atoms with E-state index in [0.29, 0.717) is 0 Å². The molecule has 1 aliphatic carbocycles. The van der Waals surface area contributed by atoms with Gasteiger partial charge in [-0.3, -0.25) is 4.79 Å². The van der Waals surface area contributed by atoms with Crippen molar-refractivity contribution in [3.8, 4) is 11.5 Å². The Labute approximate surface area is 171 Å². The highest BCUT2D eigenvalue weighted by Crippen LogP contribution is 2.44. The fourth-order valence-electron chi connectivity index (χ4n) is 4.30. The number of allylic oxidation sites excluding steroid dienone is 1. The first-order chi connectivity index (χ1) is 14.1. The summed E-state index contributed by atoms with van der Waals surface area (Å²) in [6, 6.07) is 15.9. The molecule has 1 aliphatic heterocycles. The van der Waals surface area contributed by atoms with Crippen LogP contribution in [0, 0.1) is 5.92 Å². The summed E-state index contributed by atoms with van der Waals surface area (Å²) in [5, 5.41) is 6.46. The molecule has 0 spiro atoms. The van der Waals surface area contributed by atoms with Gasteiger partial charge >= 0.3 is 0 Å². The molecule has 0 radical (unpaired) electrons. The molecule has 5 heteroatoms. The van der Waals surface area contributed by atoms with Crippen LogP contribution in [-0.2, 0) is 4.79 Å². The van der Waals surface area contributed by atoms with Gasteiger partial charge in [-0.25, -0.2) is 5.01 Å². The molecular weight excluding hydrogens is 364 g/mol. The van der Waals surface area contributed by atoms with Crippen LogP contribution in [0.4, 0.5) is 0 Å². The highest BCUT2D eigenvalue weighted by Gasteiger charge is 2.42. The van der Waals surface area contributed by atoms with E-state index in [1.165, 1.54) is 5.57 Å². The number of amides is 1. The van der Waals surface area contributed by atoms with E-state index in [2.05, 4.69) is 18.2 Å². The van der Waals surface area contributed by atoms with Crippen LogP contribution < -0.4 is 9.47 Å². The van der Waals surface area contributed by atoms with Gasteiger partial charge in [0.25, 0.3) is 0 Å². The minimum Gasteiger partial charge on any atom is -0.497 e. The molecule has 0 saturated heterocycles. The van der Waals surface area contributed by atoms with E-state index < -0.39 is 0 Å². The molecule has 0 bridgehead atoms. The minimum atomic E-state index is -0.0621. The maximum absolute atomic E-state index is 12.4. The van der Waals surface area contributed by atoms with E-state index >= 15 is 0 Å². The molecule has 29 heavy (non-hydrogen) atoms. The van der Waals surface area contributed by atoms with Crippen LogP contribution in [0.3, 0.4) is 0 Å². The molecule has 1 saturated carbocycles. The molecule has 1 fully saturated rings. The van der Waals surface area contributed by atoms with E-state index in [4.69, 9.17) is 14.6 Å². The van der Waals surface area contributed by atoms with Crippen LogP contribution in [0.25, 0.3) is 6.08 Å². The first-order valence-electron chi connectivity index (χ1n) is 9.98. The van der Waals surface area contributed by atoms with E-state index in [1.54, 1.807) is 26.2 Å². The van der Waals surface area contributed by atoms with Gasteiger partial charge in [0.2, 0.25) is 5.91 Å². The van der Waals surface area contributed by atoms with Crippen LogP contribution in [0.15, 0.2) is 59.2 Å². The number of carbonyl (C=O) groups excluding carboxylic acids is 1. The van der Waals surface area contributed by atoms with Gasteiger partial charge in [-0.05, 0) is 66.3 Å². The fourth-order valence-corrected chi connectivity index (χ4v) is 4.30. The fraction of sp³-hybridized carbons (Fsp3) is 0.333. The van der Waals surface area contributed by atoms with Crippen molar-refractivity contribution in [2.45, 2.75) is 32.2 Å². The predicted octanol–water partition coefficient (Wildman–Crippen LogP) is 4.85. The van der Waals surface area contributed by atoms with Gasteiger partial charge in [0.1, 0.15) is 11.5 Å². The molecule has 2 unspecified atom stereocenters. The van der Waals surface area contributed by atoms with Gasteiger partial charge in [0.05, 0.1) is 26.0 Å². The summed E-state index contributed by atoms with van der Waals surface area (Å²) in [4.78, 5) is 12.4. The highest BCUT2D eigenvalue weighted by molar-refractivity contribution is 6.08. The Bertz CT molecular complexity index is 945. The number of fused-ring (bicyclic) bond motifs is 1. The Hall–Kier alpha value is -3.08. The van der Waals surface area contributed by atoms with Crippen molar-refractivity contribution in [3.05, 3.63) is 65.2 Å². The summed E-state index contributed by atoms with van der Waals surface area (Å²) in [5.74, 6) is 1.84. The molecule has 4 rings (SSSR count). The molecule has 5 nitrogen and oxygen atoms in total. The van der Waals surface area contributed by atoms with Crippen molar-refractivity contribution < 1.29 is 14.3 Å². The Kier molecular flexibility index (Phi) is 5.38. The number of nitrogens with zero attached hydrogens (tertiary/aromatic N) is 2. The lowest BCUT2D eigenvalue weighted by Crippen LogP contribution is -2.30. The second-order valence-electron chi connectivity index (χ2n) is 7.51. The van der Waals surface area contributed by atoms with Crippen molar-refractivity contribution in [2.75, 3.05) is 14.2 Å². The van der Waals surface area contributed by atoms with Gasteiger partial charge in [0, 0.05) is 12.8 Å². The molecule has 2 aromatic carbocycles. The van der Waals surface area contributed by atoms with Crippen LogP contribution in [0.2, 0.25) is 0 Å². The predicted molar refractivity (Wildman–Crippen MR) is 114 cm³/mol. The van der Waals surface area contributed by atoms with Crippen molar-refractivity contribution in [1.29, 1.82) is 0 Å². The average Bonchev–Trinajstić information content (AvgIpc) is 3.15. The second-order valence-corrected chi connectivity index (χ2v) is 7.51. The minimum absolute atomic E-state index is 0.0310. The standard InChI is InChI=1S/C24H26N2O3/c1-16(27)26-24(18-9-13-21(29-3)14-10-18)22-6-4-5-19(23(22)25-26)15-17-7-11-20(28-2)12-8-17/h7-15,22,24H,4-6H2,1-3H3/b19-15+. The molecule has 1 amide bonds. The summed E-state index contributed by atoms with van der Waals surface area (Å²) < 4.78 is 10.5. The van der Waals surface area contributed by atoms with Gasteiger partial charge in [-0.2, -0.15) is 5.10 Å². The molecule has 150 valence electrons. The van der Waals surface area contributed by atoms with Crippen molar-refractivity contribution in [1.82, 2.24) is 5.01 Å². The van der Waals surface area contributed by atoms with Crippen molar-refractivity contribution in [3.63, 3.8) is 0 Å². The van der Waals surface area contributed by atoms with Gasteiger partial charge in [-0.15, -0.1) is 0 Å². The van der Waals surface area contributed by atoms with E-state index in [0.717, 1.165) is 47.6 Å². The zero-order chi connectivity index (χ0) is 20.4. The Morgan fingerprint density at radius 2 is 1.66 bits per heavy atom. The van der Waals surface area contributed by atoms with E-state index in [9.17, 15) is 4.79 Å². The van der Waals surface area contributed by atoms with Crippen LogP contribution in [0.5, 0.6) is 11.5 Å². The third-order valence-corrected chi connectivity index (χ3v) is 5.74. The second kappa shape index (κ2) is 8.11. The number of hydrogen-bond acceptors (Lipinski definition) is 4. The molecule has 2 aromatic rings. The zero-order valence-electron chi connectivity index (χ0n) is 17.1. The van der Waals surface area contributed by atoms with Crippen molar-refractivity contribution >= 4 is 17.7 Å². The number of rotatable bonds is 4. The maximum Gasteiger partial charge on any atom is 0.240 e. The first-order valence-corrected chi connectivity index (χ1v) is 9.98. The van der Waals surface area contributed by atoms with Gasteiger partial charge < -0.3 is 9.47 Å². The summed E-state index contributed by atoms with van der Waals surface area (Å²) in [6.45, 7) is 1.59. The lowest BCUT2D eigenvalue weighted by molar-refractivity contribution is -0.131. The monoisotopic (exact) mass is 390 g/mol. The van der Waals surface area contributed by atoms with Crippen LogP contribution in [-0.4, -0.2) is 30.8 Å². The van der Waals surface area contributed by atoms with Gasteiger partial charge in [-0.1, -0.05) is 24.3 Å². The quantitative estimate of drug-likeness (QED) is 0.750.